The monoisotopic (exact) mass is 255 g/mol. The molecule has 2 rings (SSSR count). The molecule has 1 aliphatic carbocycles. The highest BCUT2D eigenvalue weighted by atomic mass is 32.2. The third kappa shape index (κ3) is 4.02. The Morgan fingerprint density at radius 1 is 1.24 bits per heavy atom. The Morgan fingerprint density at radius 3 is 2.41 bits per heavy atom. The van der Waals surface area contributed by atoms with Crippen molar-refractivity contribution in [2.75, 3.05) is 17.1 Å². The fourth-order valence-electron chi connectivity index (χ4n) is 1.68. The van der Waals surface area contributed by atoms with Crippen LogP contribution < -0.4 is 4.72 Å². The van der Waals surface area contributed by atoms with Gasteiger partial charge < -0.3 is 5.11 Å². The fourth-order valence-corrected chi connectivity index (χ4v) is 3.22. The zero-order valence-electron chi connectivity index (χ0n) is 9.59. The van der Waals surface area contributed by atoms with Crippen LogP contribution in [0.25, 0.3) is 0 Å². The molecular weight excluding hydrogens is 238 g/mol. The Balaban J connectivity index is 1.97. The number of rotatable bonds is 6. The largest absolute Gasteiger partial charge is 0.396 e. The maximum Gasteiger partial charge on any atom is 0.232 e. The lowest BCUT2D eigenvalue weighted by atomic mass is 10.1. The van der Waals surface area contributed by atoms with Crippen molar-refractivity contribution in [3.8, 4) is 0 Å². The van der Waals surface area contributed by atoms with E-state index in [4.69, 9.17) is 5.11 Å². The van der Waals surface area contributed by atoms with Crippen molar-refractivity contribution in [3.63, 3.8) is 0 Å². The van der Waals surface area contributed by atoms with Crippen LogP contribution in [0, 0.1) is 5.92 Å². The molecule has 0 aliphatic heterocycles. The third-order valence-corrected chi connectivity index (χ3v) is 4.24. The molecule has 1 aromatic rings. The average molecular weight is 255 g/mol. The van der Waals surface area contributed by atoms with Gasteiger partial charge in [-0.05, 0) is 42.9 Å². The molecule has 1 aromatic carbocycles. The van der Waals surface area contributed by atoms with Crippen molar-refractivity contribution in [3.05, 3.63) is 29.8 Å². The quantitative estimate of drug-likeness (QED) is 0.807. The summed E-state index contributed by atoms with van der Waals surface area (Å²) < 4.78 is 26.0. The van der Waals surface area contributed by atoms with E-state index in [0.717, 1.165) is 18.4 Å². The molecule has 0 aromatic heterocycles. The Kier molecular flexibility index (Phi) is 3.69. The summed E-state index contributed by atoms with van der Waals surface area (Å²) in [5, 5.41) is 8.77. The van der Waals surface area contributed by atoms with E-state index in [1.807, 2.05) is 12.1 Å². The summed E-state index contributed by atoms with van der Waals surface area (Å²) in [5.74, 6) is 0.576. The maximum absolute atomic E-state index is 11.7. The summed E-state index contributed by atoms with van der Waals surface area (Å²) in [4.78, 5) is 0. The van der Waals surface area contributed by atoms with Gasteiger partial charge in [-0.3, -0.25) is 4.72 Å². The summed E-state index contributed by atoms with van der Waals surface area (Å²) in [5.41, 5.74) is 1.59. The minimum absolute atomic E-state index is 0.104. The molecule has 0 heterocycles. The van der Waals surface area contributed by atoms with Crippen LogP contribution >= 0.6 is 0 Å². The predicted molar refractivity (Wildman–Crippen MR) is 67.4 cm³/mol. The van der Waals surface area contributed by atoms with E-state index in [9.17, 15) is 8.42 Å². The molecule has 0 spiro atoms. The second kappa shape index (κ2) is 5.06. The molecule has 1 aliphatic rings. The molecule has 17 heavy (non-hydrogen) atoms. The normalized spacial score (nSPS) is 15.8. The van der Waals surface area contributed by atoms with Gasteiger partial charge in [0, 0.05) is 12.3 Å². The van der Waals surface area contributed by atoms with Crippen molar-refractivity contribution in [1.82, 2.24) is 0 Å². The summed E-state index contributed by atoms with van der Waals surface area (Å²) >= 11 is 0. The van der Waals surface area contributed by atoms with E-state index in [2.05, 4.69) is 4.72 Å². The highest BCUT2D eigenvalue weighted by Crippen LogP contribution is 2.30. The second-order valence-electron chi connectivity index (χ2n) is 4.50. The van der Waals surface area contributed by atoms with Gasteiger partial charge in [0.15, 0.2) is 0 Å². The van der Waals surface area contributed by atoms with E-state index in [0.29, 0.717) is 18.0 Å². The zero-order valence-corrected chi connectivity index (χ0v) is 10.4. The second-order valence-corrected chi connectivity index (χ2v) is 6.26. The number of aliphatic hydroxyl groups is 1. The molecule has 0 bridgehead atoms. The Labute approximate surface area is 102 Å². The van der Waals surface area contributed by atoms with Gasteiger partial charge >= 0.3 is 0 Å². The van der Waals surface area contributed by atoms with Crippen LogP contribution in [0.15, 0.2) is 24.3 Å². The smallest absolute Gasteiger partial charge is 0.232 e. The minimum Gasteiger partial charge on any atom is -0.396 e. The van der Waals surface area contributed by atoms with E-state index < -0.39 is 10.0 Å². The molecule has 0 amide bonds. The van der Waals surface area contributed by atoms with Crippen LogP contribution in [0.4, 0.5) is 5.69 Å². The number of aliphatic hydroxyl groups excluding tert-OH is 1. The van der Waals surface area contributed by atoms with Gasteiger partial charge in [0.1, 0.15) is 0 Å². The molecule has 0 saturated heterocycles. The molecule has 1 fully saturated rings. The lowest BCUT2D eigenvalue weighted by molar-refractivity contribution is 0.299. The molecule has 0 atom stereocenters. The topological polar surface area (TPSA) is 66.4 Å². The van der Waals surface area contributed by atoms with Crippen molar-refractivity contribution in [1.29, 1.82) is 0 Å². The van der Waals surface area contributed by atoms with E-state index in [1.54, 1.807) is 12.1 Å². The average Bonchev–Trinajstić information content (AvgIpc) is 3.04. The first kappa shape index (κ1) is 12.4. The van der Waals surface area contributed by atoms with Crippen molar-refractivity contribution >= 4 is 15.7 Å². The van der Waals surface area contributed by atoms with Crippen LogP contribution in [-0.2, 0) is 16.4 Å². The number of benzene rings is 1. The van der Waals surface area contributed by atoms with Gasteiger partial charge in [-0.15, -0.1) is 0 Å². The SMILES string of the molecule is O=S(=O)(CC1CC1)Nc1ccc(CCO)cc1. The lowest BCUT2D eigenvalue weighted by Gasteiger charge is -2.08. The third-order valence-electron chi connectivity index (χ3n) is 2.78. The summed E-state index contributed by atoms with van der Waals surface area (Å²) in [6, 6.07) is 7.11. The standard InChI is InChI=1S/C12H17NO3S/c14-8-7-10-3-5-12(6-4-10)13-17(15,16)9-11-1-2-11/h3-6,11,13-14H,1-2,7-9H2. The number of nitrogens with one attached hydrogen (secondary N) is 1. The Morgan fingerprint density at radius 2 is 1.88 bits per heavy atom. The van der Waals surface area contributed by atoms with Gasteiger partial charge in [-0.25, -0.2) is 8.42 Å². The zero-order chi connectivity index (χ0) is 12.3. The van der Waals surface area contributed by atoms with Gasteiger partial charge in [0.2, 0.25) is 10.0 Å². The van der Waals surface area contributed by atoms with Gasteiger partial charge in [-0.2, -0.15) is 0 Å². The summed E-state index contributed by atoms with van der Waals surface area (Å²) in [6.45, 7) is 0.104. The highest BCUT2D eigenvalue weighted by molar-refractivity contribution is 7.92. The molecule has 0 radical (unpaired) electrons. The molecule has 2 N–H and O–H groups in total. The number of anilines is 1. The summed E-state index contributed by atoms with van der Waals surface area (Å²) in [6.07, 6.45) is 2.64. The van der Waals surface area contributed by atoms with Crippen LogP contribution in [0.2, 0.25) is 0 Å². The molecule has 1 saturated carbocycles. The maximum atomic E-state index is 11.7. The van der Waals surface area contributed by atoms with Crippen LogP contribution in [0.3, 0.4) is 0 Å². The highest BCUT2D eigenvalue weighted by Gasteiger charge is 2.27. The molecule has 0 unspecified atom stereocenters. The van der Waals surface area contributed by atoms with Crippen molar-refractivity contribution in [2.45, 2.75) is 19.3 Å². The number of sulfonamides is 1. The molecule has 4 nitrogen and oxygen atoms in total. The lowest BCUT2D eigenvalue weighted by Crippen LogP contribution is -2.17. The van der Waals surface area contributed by atoms with Crippen molar-refractivity contribution < 1.29 is 13.5 Å². The molecule has 5 heteroatoms. The fraction of sp³-hybridized carbons (Fsp3) is 0.500. The van der Waals surface area contributed by atoms with Gasteiger partial charge in [0.05, 0.1) is 5.75 Å². The van der Waals surface area contributed by atoms with Crippen LogP contribution in [0.5, 0.6) is 0 Å². The number of hydrogen-bond acceptors (Lipinski definition) is 3. The van der Waals surface area contributed by atoms with Gasteiger partial charge in [-0.1, -0.05) is 12.1 Å². The predicted octanol–water partition coefficient (Wildman–Crippen LogP) is 1.37. The van der Waals surface area contributed by atoms with E-state index >= 15 is 0 Å². The Hall–Kier alpha value is -1.07. The first-order chi connectivity index (χ1) is 8.09. The van der Waals surface area contributed by atoms with E-state index in [-0.39, 0.29) is 12.4 Å². The van der Waals surface area contributed by atoms with Crippen LogP contribution in [0.1, 0.15) is 18.4 Å². The first-order valence-electron chi connectivity index (χ1n) is 5.79. The number of hydrogen-bond donors (Lipinski definition) is 2. The Bertz CT molecular complexity index is 463. The summed E-state index contributed by atoms with van der Waals surface area (Å²) in [7, 11) is -3.20. The first-order valence-corrected chi connectivity index (χ1v) is 7.44. The van der Waals surface area contributed by atoms with Gasteiger partial charge in [0.25, 0.3) is 0 Å². The van der Waals surface area contributed by atoms with Crippen LogP contribution in [-0.4, -0.2) is 25.9 Å². The molecule has 94 valence electrons. The van der Waals surface area contributed by atoms with E-state index in [1.165, 1.54) is 0 Å². The van der Waals surface area contributed by atoms with Crippen molar-refractivity contribution in [2.24, 2.45) is 5.92 Å². The minimum atomic E-state index is -3.20. The molecular formula is C12H17NO3S.